The third kappa shape index (κ3) is 10.5. The minimum absolute atomic E-state index is 0.0220. The Hall–Kier alpha value is -7.87. The van der Waals surface area contributed by atoms with E-state index in [2.05, 4.69) is 263 Å². The number of hydrogen-bond donors (Lipinski definition) is 0. The van der Waals surface area contributed by atoms with E-state index >= 15 is 4.79 Å². The molecule has 0 heterocycles. The second-order valence-electron chi connectivity index (χ2n) is 21.1. The number of hydrogen-bond acceptors (Lipinski definition) is 1. The van der Waals surface area contributed by atoms with Crippen LogP contribution in [0.3, 0.4) is 0 Å². The van der Waals surface area contributed by atoms with Crippen molar-refractivity contribution in [2.45, 2.75) is 68.7 Å². The first-order valence-corrected chi connectivity index (χ1v) is 25.0. The lowest BCUT2D eigenvalue weighted by Gasteiger charge is -2.27. The van der Waals surface area contributed by atoms with Gasteiger partial charge >= 0.3 is 0 Å². The molecule has 0 fully saturated rings. The van der Waals surface area contributed by atoms with Crippen molar-refractivity contribution in [2.24, 2.45) is 5.41 Å². The first-order chi connectivity index (χ1) is 34.1. The van der Waals surface area contributed by atoms with Crippen LogP contribution in [0.4, 0.5) is 0 Å². The summed E-state index contributed by atoms with van der Waals surface area (Å²) in [6.45, 7) is 19.7. The summed E-state index contributed by atoms with van der Waals surface area (Å²) in [6, 6.07) is 68.2. The van der Waals surface area contributed by atoms with Gasteiger partial charge in [0.15, 0.2) is 5.78 Å². The number of benzene rings is 9. The summed E-state index contributed by atoms with van der Waals surface area (Å²) >= 11 is 0. The van der Waals surface area contributed by atoms with Crippen molar-refractivity contribution in [3.8, 4) is 77.9 Å². The van der Waals surface area contributed by atoms with Gasteiger partial charge in [-0.15, -0.1) is 0 Å². The molecule has 0 spiro atoms. The molecule has 0 saturated heterocycles. The highest BCUT2D eigenvalue weighted by Crippen LogP contribution is 2.41. The molecule has 1 nitrogen and oxygen atoms in total. The second kappa shape index (κ2) is 19.1. The van der Waals surface area contributed by atoms with Crippen molar-refractivity contribution in [1.82, 2.24) is 0 Å². The van der Waals surface area contributed by atoms with E-state index in [-0.39, 0.29) is 11.2 Å². The van der Waals surface area contributed by atoms with Gasteiger partial charge < -0.3 is 0 Å². The zero-order valence-corrected chi connectivity index (χ0v) is 42.7. The van der Waals surface area contributed by atoms with E-state index in [1.54, 1.807) is 0 Å². The van der Waals surface area contributed by atoms with Crippen LogP contribution in [0.25, 0.3) is 83.5 Å². The van der Waals surface area contributed by atoms with Crippen molar-refractivity contribution in [3.05, 3.63) is 256 Å². The maximum atomic E-state index is 15.7. The van der Waals surface area contributed by atoms with Crippen LogP contribution in [0.2, 0.25) is 0 Å². The standard InChI is InChI=1S/C70H62O/c1-44-22-45(2)26-59(25-44)51-14-10-17-54(32-51)62-36-63(55-18-11-15-52(33-55)60-27-46(3)23-47(4)28-60)39-66(38-62)69(71)67-40-64(56-19-12-16-53(34-56)61-29-48(5)24-49(6)30-61)37-65(41-67)57-20-13-21-58(35-57)68-31-50(7)42-70(8,9)43-68/h10-42H,43H2,1-9H3. The molecule has 1 heteroatoms. The largest absolute Gasteiger partial charge is 0.289 e. The molecule has 0 aliphatic heterocycles. The zero-order chi connectivity index (χ0) is 49.6. The average molecular weight is 919 g/mol. The van der Waals surface area contributed by atoms with Gasteiger partial charge in [0.05, 0.1) is 0 Å². The normalized spacial score (nSPS) is 13.1. The molecule has 1 aliphatic rings. The Kier molecular flexibility index (Phi) is 12.6. The number of aryl methyl sites for hydroxylation is 6. The Balaban J connectivity index is 1.14. The van der Waals surface area contributed by atoms with Gasteiger partial charge in [-0.05, 0) is 210 Å². The van der Waals surface area contributed by atoms with Gasteiger partial charge in [-0.25, -0.2) is 0 Å². The number of rotatable bonds is 10. The minimum atomic E-state index is -0.0220. The molecule has 0 unspecified atom stereocenters. The smallest absolute Gasteiger partial charge is 0.193 e. The lowest BCUT2D eigenvalue weighted by atomic mass is 9.77. The van der Waals surface area contributed by atoms with Crippen LogP contribution in [-0.4, -0.2) is 5.78 Å². The van der Waals surface area contributed by atoms with Crippen LogP contribution in [-0.2, 0) is 0 Å². The summed E-state index contributed by atoms with van der Waals surface area (Å²) in [5, 5.41) is 0. The quantitative estimate of drug-likeness (QED) is 0.125. The Morgan fingerprint density at radius 2 is 0.577 bits per heavy atom. The lowest BCUT2D eigenvalue weighted by molar-refractivity contribution is 0.103. The second-order valence-corrected chi connectivity index (χ2v) is 21.1. The topological polar surface area (TPSA) is 17.1 Å². The van der Waals surface area contributed by atoms with Crippen molar-refractivity contribution >= 4 is 11.4 Å². The number of ketones is 1. The van der Waals surface area contributed by atoms with Crippen molar-refractivity contribution in [2.75, 3.05) is 0 Å². The number of allylic oxidation sites excluding steroid dienone is 4. The molecule has 9 aromatic rings. The predicted molar refractivity (Wildman–Crippen MR) is 303 cm³/mol. The SMILES string of the molecule is CC1=CC(C)(C)CC(c2cccc(-c3cc(C(=O)c4cc(-c5cccc(-c6cc(C)cc(C)c6)c5)cc(-c5cccc(-c6cc(C)cc(C)c6)c5)c4)cc(-c4cccc(-c5cc(C)cc(C)c5)c4)c3)c2)=C1. The summed E-state index contributed by atoms with van der Waals surface area (Å²) in [6.07, 6.45) is 5.66. The summed E-state index contributed by atoms with van der Waals surface area (Å²) in [5.74, 6) is -0.0220. The van der Waals surface area contributed by atoms with Crippen molar-refractivity contribution in [3.63, 3.8) is 0 Å². The Labute approximate surface area is 422 Å². The van der Waals surface area contributed by atoms with Crippen LogP contribution < -0.4 is 0 Å². The molecule has 0 aromatic heterocycles. The maximum absolute atomic E-state index is 15.7. The molecular formula is C70H62O. The Morgan fingerprint density at radius 1 is 0.324 bits per heavy atom. The average Bonchev–Trinajstić information content (AvgIpc) is 3.34. The van der Waals surface area contributed by atoms with Crippen LogP contribution in [0.15, 0.2) is 206 Å². The fraction of sp³-hybridized carbons (Fsp3) is 0.157. The third-order valence-electron chi connectivity index (χ3n) is 13.9. The van der Waals surface area contributed by atoms with Gasteiger partial charge in [0, 0.05) is 11.1 Å². The van der Waals surface area contributed by atoms with Gasteiger partial charge in [-0.2, -0.15) is 0 Å². The van der Waals surface area contributed by atoms with E-state index in [0.717, 1.165) is 67.6 Å². The number of carbonyl (C=O) groups excluding carboxylic acids is 1. The Morgan fingerprint density at radius 3 is 0.873 bits per heavy atom. The van der Waals surface area contributed by atoms with Gasteiger partial charge in [0.25, 0.3) is 0 Å². The summed E-state index contributed by atoms with van der Waals surface area (Å²) in [5.41, 5.74) is 27.8. The highest BCUT2D eigenvalue weighted by atomic mass is 16.1. The highest BCUT2D eigenvalue weighted by Gasteiger charge is 2.23. The summed E-state index contributed by atoms with van der Waals surface area (Å²) < 4.78 is 0. The predicted octanol–water partition coefficient (Wildman–Crippen LogP) is 19.2. The first kappa shape index (κ1) is 46.8. The van der Waals surface area contributed by atoms with Crippen molar-refractivity contribution in [1.29, 1.82) is 0 Å². The minimum Gasteiger partial charge on any atom is -0.289 e. The molecule has 0 amide bonds. The van der Waals surface area contributed by atoms with Crippen LogP contribution in [0.5, 0.6) is 0 Å². The van der Waals surface area contributed by atoms with Gasteiger partial charge in [-0.3, -0.25) is 4.79 Å². The third-order valence-corrected chi connectivity index (χ3v) is 13.9. The molecule has 348 valence electrons. The molecule has 0 N–H and O–H groups in total. The van der Waals surface area contributed by atoms with Crippen LogP contribution in [0.1, 0.15) is 82.1 Å². The van der Waals surface area contributed by atoms with E-state index in [0.29, 0.717) is 11.1 Å². The first-order valence-electron chi connectivity index (χ1n) is 25.0. The van der Waals surface area contributed by atoms with E-state index in [4.69, 9.17) is 0 Å². The van der Waals surface area contributed by atoms with Gasteiger partial charge in [0.1, 0.15) is 0 Å². The fourth-order valence-corrected chi connectivity index (χ4v) is 11.0. The molecule has 0 atom stereocenters. The summed E-state index contributed by atoms with van der Waals surface area (Å²) in [7, 11) is 0. The zero-order valence-electron chi connectivity index (χ0n) is 42.7. The maximum Gasteiger partial charge on any atom is 0.193 e. The van der Waals surface area contributed by atoms with Crippen LogP contribution >= 0.6 is 0 Å². The summed E-state index contributed by atoms with van der Waals surface area (Å²) in [4.78, 5) is 15.7. The van der Waals surface area contributed by atoms with E-state index in [1.807, 2.05) is 0 Å². The molecule has 10 rings (SSSR count). The van der Waals surface area contributed by atoms with E-state index in [1.165, 1.54) is 66.8 Å². The molecular weight excluding hydrogens is 857 g/mol. The van der Waals surface area contributed by atoms with E-state index < -0.39 is 0 Å². The molecule has 9 aromatic carbocycles. The van der Waals surface area contributed by atoms with Crippen LogP contribution in [0, 0.1) is 47.0 Å². The fourth-order valence-electron chi connectivity index (χ4n) is 11.0. The van der Waals surface area contributed by atoms with Crippen molar-refractivity contribution < 1.29 is 4.79 Å². The van der Waals surface area contributed by atoms with E-state index in [9.17, 15) is 0 Å². The molecule has 1 aliphatic carbocycles. The monoisotopic (exact) mass is 918 g/mol. The molecule has 0 radical (unpaired) electrons. The van der Waals surface area contributed by atoms with Gasteiger partial charge in [-0.1, -0.05) is 192 Å². The Bertz CT molecular complexity index is 3450. The van der Waals surface area contributed by atoms with Gasteiger partial charge in [0.2, 0.25) is 0 Å². The highest BCUT2D eigenvalue weighted by molar-refractivity contribution is 6.11. The lowest BCUT2D eigenvalue weighted by Crippen LogP contribution is -2.12. The molecule has 0 saturated carbocycles. The molecule has 71 heavy (non-hydrogen) atoms. The number of carbonyl (C=O) groups is 1. The molecule has 0 bridgehead atoms.